The standard InChI is InChI=1S/C22H22N4O/c1-14(2)16-4-6-17(7-5-16)21(26-11-10-23-13-26)18-8-9-19-20(12-18)25-22(27)15(3)24-19/h4-14,21H,1-3H3,(H,25,27). The van der Waals surface area contributed by atoms with Gasteiger partial charge in [-0.1, -0.05) is 44.2 Å². The van der Waals surface area contributed by atoms with Gasteiger partial charge in [0.1, 0.15) is 5.69 Å². The molecule has 136 valence electrons. The number of H-pyrrole nitrogens is 1. The molecule has 4 aromatic rings. The van der Waals surface area contributed by atoms with Crippen molar-refractivity contribution < 1.29 is 0 Å². The smallest absolute Gasteiger partial charge is 0.269 e. The number of hydrogen-bond donors (Lipinski definition) is 1. The van der Waals surface area contributed by atoms with Gasteiger partial charge in [0.05, 0.1) is 23.4 Å². The van der Waals surface area contributed by atoms with Crippen molar-refractivity contribution in [3.63, 3.8) is 0 Å². The summed E-state index contributed by atoms with van der Waals surface area (Å²) in [4.78, 5) is 23.5. The van der Waals surface area contributed by atoms with Crippen molar-refractivity contribution in [1.82, 2.24) is 19.5 Å². The molecule has 5 nitrogen and oxygen atoms in total. The third-order valence-corrected chi connectivity index (χ3v) is 4.94. The molecule has 0 amide bonds. The van der Waals surface area contributed by atoms with Crippen molar-refractivity contribution in [2.75, 3.05) is 0 Å². The zero-order chi connectivity index (χ0) is 19.0. The highest BCUT2D eigenvalue weighted by Gasteiger charge is 2.17. The Bertz CT molecular complexity index is 1130. The van der Waals surface area contributed by atoms with Crippen LogP contribution in [0.2, 0.25) is 0 Å². The largest absolute Gasteiger partial charge is 0.326 e. The van der Waals surface area contributed by atoms with Gasteiger partial charge in [-0.25, -0.2) is 9.97 Å². The number of aryl methyl sites for hydroxylation is 1. The molecule has 0 bridgehead atoms. The predicted molar refractivity (Wildman–Crippen MR) is 107 cm³/mol. The Kier molecular flexibility index (Phi) is 4.36. The molecule has 0 spiro atoms. The summed E-state index contributed by atoms with van der Waals surface area (Å²) in [5.41, 5.74) is 5.40. The second-order valence-corrected chi connectivity index (χ2v) is 7.16. The first-order valence-corrected chi connectivity index (χ1v) is 9.11. The predicted octanol–water partition coefficient (Wildman–Crippen LogP) is 4.19. The average Bonchev–Trinajstić information content (AvgIpc) is 3.18. The summed E-state index contributed by atoms with van der Waals surface area (Å²) >= 11 is 0. The number of nitrogens with zero attached hydrogens (tertiary/aromatic N) is 3. The van der Waals surface area contributed by atoms with Gasteiger partial charge in [0, 0.05) is 12.4 Å². The number of nitrogens with one attached hydrogen (secondary N) is 1. The van der Waals surface area contributed by atoms with Crippen molar-refractivity contribution in [3.8, 4) is 0 Å². The van der Waals surface area contributed by atoms with Crippen molar-refractivity contribution in [1.29, 1.82) is 0 Å². The van der Waals surface area contributed by atoms with E-state index in [-0.39, 0.29) is 11.6 Å². The van der Waals surface area contributed by atoms with E-state index in [0.717, 1.165) is 16.6 Å². The Morgan fingerprint density at radius 3 is 2.37 bits per heavy atom. The van der Waals surface area contributed by atoms with E-state index in [1.807, 2.05) is 24.7 Å². The number of benzene rings is 2. The summed E-state index contributed by atoms with van der Waals surface area (Å²) in [6.07, 6.45) is 5.56. The average molecular weight is 358 g/mol. The zero-order valence-electron chi connectivity index (χ0n) is 15.7. The lowest BCUT2D eigenvalue weighted by molar-refractivity contribution is 0.676. The van der Waals surface area contributed by atoms with Crippen LogP contribution in [-0.2, 0) is 0 Å². The summed E-state index contributed by atoms with van der Waals surface area (Å²) < 4.78 is 2.07. The fourth-order valence-corrected chi connectivity index (χ4v) is 3.39. The number of imidazole rings is 1. The second kappa shape index (κ2) is 6.83. The maximum absolute atomic E-state index is 12.0. The summed E-state index contributed by atoms with van der Waals surface area (Å²) in [6.45, 7) is 6.10. The van der Waals surface area contributed by atoms with E-state index in [0.29, 0.717) is 11.6 Å². The third-order valence-electron chi connectivity index (χ3n) is 4.94. The van der Waals surface area contributed by atoms with Crippen LogP contribution in [-0.4, -0.2) is 19.5 Å². The van der Waals surface area contributed by atoms with Crippen molar-refractivity contribution in [3.05, 3.63) is 93.9 Å². The Morgan fingerprint density at radius 1 is 1.00 bits per heavy atom. The number of aromatic amines is 1. The quantitative estimate of drug-likeness (QED) is 0.595. The molecule has 0 fully saturated rings. The van der Waals surface area contributed by atoms with Crippen LogP contribution < -0.4 is 5.56 Å². The lowest BCUT2D eigenvalue weighted by atomic mass is 9.95. The van der Waals surface area contributed by atoms with E-state index in [1.54, 1.807) is 13.1 Å². The molecule has 0 radical (unpaired) electrons. The van der Waals surface area contributed by atoms with Crippen LogP contribution in [0.4, 0.5) is 0 Å². The molecule has 1 atom stereocenters. The topological polar surface area (TPSA) is 63.6 Å². The van der Waals surface area contributed by atoms with Crippen molar-refractivity contribution in [2.45, 2.75) is 32.7 Å². The monoisotopic (exact) mass is 358 g/mol. The lowest BCUT2D eigenvalue weighted by Gasteiger charge is -2.21. The molecule has 27 heavy (non-hydrogen) atoms. The highest BCUT2D eigenvalue weighted by atomic mass is 16.1. The van der Waals surface area contributed by atoms with Gasteiger partial charge in [-0.05, 0) is 41.7 Å². The normalized spacial score (nSPS) is 12.6. The van der Waals surface area contributed by atoms with Gasteiger partial charge in [0.2, 0.25) is 0 Å². The minimum Gasteiger partial charge on any atom is -0.326 e. The number of fused-ring (bicyclic) bond motifs is 1. The van der Waals surface area contributed by atoms with E-state index in [2.05, 4.69) is 63.7 Å². The van der Waals surface area contributed by atoms with Crippen LogP contribution in [0.25, 0.3) is 11.0 Å². The molecule has 5 heteroatoms. The summed E-state index contributed by atoms with van der Waals surface area (Å²) in [7, 11) is 0. The molecular formula is C22H22N4O. The molecule has 1 N–H and O–H groups in total. The van der Waals surface area contributed by atoms with Crippen LogP contribution in [0.5, 0.6) is 0 Å². The summed E-state index contributed by atoms with van der Waals surface area (Å²) in [5.74, 6) is 0.491. The Labute approximate surface area is 157 Å². The fourth-order valence-electron chi connectivity index (χ4n) is 3.39. The molecule has 0 aliphatic heterocycles. The Morgan fingerprint density at radius 2 is 1.70 bits per heavy atom. The minimum absolute atomic E-state index is 0.0251. The first-order valence-electron chi connectivity index (χ1n) is 9.11. The molecule has 0 aliphatic carbocycles. The molecular weight excluding hydrogens is 336 g/mol. The number of aromatic nitrogens is 4. The zero-order valence-corrected chi connectivity index (χ0v) is 15.7. The van der Waals surface area contributed by atoms with Crippen LogP contribution in [0, 0.1) is 6.92 Å². The highest BCUT2D eigenvalue weighted by molar-refractivity contribution is 5.75. The van der Waals surface area contributed by atoms with Gasteiger partial charge in [-0.3, -0.25) is 4.79 Å². The molecule has 1 unspecified atom stereocenters. The van der Waals surface area contributed by atoms with Gasteiger partial charge in [0.25, 0.3) is 5.56 Å². The first kappa shape index (κ1) is 17.2. The molecule has 2 aromatic carbocycles. The fraction of sp³-hybridized carbons (Fsp3) is 0.227. The lowest BCUT2D eigenvalue weighted by Crippen LogP contribution is -2.13. The van der Waals surface area contributed by atoms with Gasteiger partial charge in [0.15, 0.2) is 0 Å². The van der Waals surface area contributed by atoms with Gasteiger partial charge >= 0.3 is 0 Å². The number of rotatable bonds is 4. The SMILES string of the molecule is Cc1nc2ccc(C(c3ccc(C(C)C)cc3)n3ccnc3)cc2[nH]c1=O. The van der Waals surface area contributed by atoms with E-state index < -0.39 is 0 Å². The molecule has 0 saturated carbocycles. The Balaban J connectivity index is 1.85. The van der Waals surface area contributed by atoms with E-state index in [4.69, 9.17) is 0 Å². The maximum Gasteiger partial charge on any atom is 0.269 e. The van der Waals surface area contributed by atoms with Gasteiger partial charge in [-0.15, -0.1) is 0 Å². The number of hydrogen-bond acceptors (Lipinski definition) is 3. The minimum atomic E-state index is -0.153. The molecule has 2 heterocycles. The molecule has 0 saturated heterocycles. The highest BCUT2D eigenvalue weighted by Crippen LogP contribution is 2.29. The van der Waals surface area contributed by atoms with Crippen LogP contribution in [0.1, 0.15) is 48.2 Å². The maximum atomic E-state index is 12.0. The summed E-state index contributed by atoms with van der Waals surface area (Å²) in [5, 5.41) is 0. The van der Waals surface area contributed by atoms with E-state index in [9.17, 15) is 4.79 Å². The third kappa shape index (κ3) is 3.28. The molecule has 0 aliphatic rings. The van der Waals surface area contributed by atoms with Crippen LogP contribution in [0.3, 0.4) is 0 Å². The first-order chi connectivity index (χ1) is 13.0. The summed E-state index contributed by atoms with van der Waals surface area (Å²) in [6, 6.07) is 14.7. The van der Waals surface area contributed by atoms with Gasteiger partial charge in [-0.2, -0.15) is 0 Å². The van der Waals surface area contributed by atoms with Crippen molar-refractivity contribution in [2.24, 2.45) is 0 Å². The van der Waals surface area contributed by atoms with Gasteiger partial charge < -0.3 is 9.55 Å². The van der Waals surface area contributed by atoms with E-state index >= 15 is 0 Å². The molecule has 4 rings (SSSR count). The molecule has 2 aromatic heterocycles. The van der Waals surface area contributed by atoms with Crippen molar-refractivity contribution >= 4 is 11.0 Å². The van der Waals surface area contributed by atoms with E-state index in [1.165, 1.54) is 11.1 Å². The Hall–Kier alpha value is -3.21. The second-order valence-electron chi connectivity index (χ2n) is 7.16. The van der Waals surface area contributed by atoms with Crippen LogP contribution >= 0.6 is 0 Å². The van der Waals surface area contributed by atoms with Crippen LogP contribution in [0.15, 0.2) is 66.0 Å².